The van der Waals surface area contributed by atoms with Gasteiger partial charge in [0.25, 0.3) is 0 Å². The predicted molar refractivity (Wildman–Crippen MR) is 103 cm³/mol. The molecule has 1 saturated carbocycles. The Hall–Kier alpha value is -0.880. The summed E-state index contributed by atoms with van der Waals surface area (Å²) >= 11 is 0. The van der Waals surface area contributed by atoms with Crippen LogP contribution in [0.1, 0.15) is 64.4 Å². The molecule has 1 aromatic carbocycles. The van der Waals surface area contributed by atoms with Crippen molar-refractivity contribution in [1.29, 1.82) is 0 Å². The van der Waals surface area contributed by atoms with Crippen LogP contribution in [0.4, 0.5) is 4.39 Å². The average Bonchev–Trinajstić information content (AvgIpc) is 2.60. The molecule has 0 radical (unpaired) electrons. The number of allylic oxidation sites excluding steroid dienone is 2. The van der Waals surface area contributed by atoms with Crippen LogP contribution in [-0.4, -0.2) is 6.61 Å². The van der Waals surface area contributed by atoms with Crippen LogP contribution in [0.15, 0.2) is 18.2 Å². The molecule has 2 aliphatic rings. The second-order valence-corrected chi connectivity index (χ2v) is 8.13. The fourth-order valence-corrected chi connectivity index (χ4v) is 4.72. The molecule has 2 aliphatic carbocycles. The number of hydrogen-bond acceptors (Lipinski definition) is 1. The van der Waals surface area contributed by atoms with Crippen LogP contribution < -0.4 is 10.0 Å². The van der Waals surface area contributed by atoms with Crippen molar-refractivity contribution in [2.75, 3.05) is 6.61 Å². The second kappa shape index (κ2) is 8.00. The van der Waals surface area contributed by atoms with Gasteiger partial charge in [0.05, 0.1) is 6.61 Å². The van der Waals surface area contributed by atoms with Crippen molar-refractivity contribution in [3.05, 3.63) is 29.6 Å². The molecule has 0 aromatic heterocycles. The van der Waals surface area contributed by atoms with Crippen LogP contribution in [-0.2, 0) is 0 Å². The Balaban J connectivity index is 1.70. The van der Waals surface area contributed by atoms with Crippen LogP contribution in [0.25, 0.3) is 5.57 Å². The topological polar surface area (TPSA) is 9.23 Å². The molecular weight excluding hydrogens is 318 g/mol. The highest BCUT2D eigenvalue weighted by Gasteiger charge is 2.28. The van der Waals surface area contributed by atoms with Gasteiger partial charge >= 0.3 is 0 Å². The van der Waals surface area contributed by atoms with Gasteiger partial charge in [0.15, 0.2) is 0 Å². The molecule has 24 heavy (non-hydrogen) atoms. The summed E-state index contributed by atoms with van der Waals surface area (Å²) in [6.45, 7) is 4.86. The lowest BCUT2D eigenvalue weighted by Gasteiger charge is -2.34. The van der Waals surface area contributed by atoms with E-state index in [-0.39, 0.29) is 5.82 Å². The van der Waals surface area contributed by atoms with E-state index in [0.29, 0.717) is 17.7 Å². The zero-order valence-corrected chi connectivity index (χ0v) is 16.1. The van der Waals surface area contributed by atoms with Gasteiger partial charge in [-0.15, -0.1) is 0 Å². The van der Waals surface area contributed by atoms with Gasteiger partial charge in [0, 0.05) is 10.9 Å². The van der Waals surface area contributed by atoms with E-state index >= 15 is 0 Å². The maximum absolute atomic E-state index is 14.7. The molecule has 1 aromatic rings. The average molecular weight is 348 g/mol. The number of hydrogen-bond donors (Lipinski definition) is 0. The quantitative estimate of drug-likeness (QED) is 0.631. The first-order chi connectivity index (χ1) is 11.6. The van der Waals surface area contributed by atoms with Gasteiger partial charge in [-0.1, -0.05) is 35.1 Å². The van der Waals surface area contributed by atoms with Crippen molar-refractivity contribution >= 4 is 20.1 Å². The highest BCUT2D eigenvalue weighted by molar-refractivity contribution is 7.27. The standard InChI is InChI=1S/C21H30FOP/c1-3-23-19-13-12-18(20(22)21(19)24)17-10-8-16(9-11-17)15-6-4-14(2)5-7-15/h10,12-16H,3-9,11,24H2,1-2H3. The van der Waals surface area contributed by atoms with Crippen molar-refractivity contribution < 1.29 is 9.13 Å². The molecule has 0 N–H and O–H groups in total. The zero-order valence-electron chi connectivity index (χ0n) is 15.0. The third kappa shape index (κ3) is 3.85. The van der Waals surface area contributed by atoms with Gasteiger partial charge in [0.1, 0.15) is 11.6 Å². The molecule has 2 atom stereocenters. The molecule has 1 nitrogen and oxygen atoms in total. The lowest BCUT2D eigenvalue weighted by Crippen LogP contribution is -2.22. The zero-order chi connectivity index (χ0) is 17.1. The van der Waals surface area contributed by atoms with Crippen LogP contribution in [0, 0.1) is 23.6 Å². The number of benzene rings is 1. The van der Waals surface area contributed by atoms with Crippen LogP contribution >= 0.6 is 9.24 Å². The van der Waals surface area contributed by atoms with E-state index in [1.807, 2.05) is 19.1 Å². The lowest BCUT2D eigenvalue weighted by atomic mass is 9.71. The van der Waals surface area contributed by atoms with Gasteiger partial charge in [-0.2, -0.15) is 0 Å². The smallest absolute Gasteiger partial charge is 0.141 e. The van der Waals surface area contributed by atoms with Gasteiger partial charge in [-0.05, 0) is 74.5 Å². The van der Waals surface area contributed by atoms with E-state index in [9.17, 15) is 4.39 Å². The van der Waals surface area contributed by atoms with E-state index < -0.39 is 0 Å². The molecule has 0 bridgehead atoms. The number of ether oxygens (including phenoxy) is 1. The highest BCUT2D eigenvalue weighted by Crippen LogP contribution is 2.41. The summed E-state index contributed by atoms with van der Waals surface area (Å²) in [5.74, 6) is 3.11. The minimum absolute atomic E-state index is 0.137. The molecule has 2 unspecified atom stereocenters. The molecule has 0 saturated heterocycles. The minimum Gasteiger partial charge on any atom is -0.493 e. The number of rotatable bonds is 4. The van der Waals surface area contributed by atoms with Gasteiger partial charge in [-0.3, -0.25) is 0 Å². The van der Waals surface area contributed by atoms with Gasteiger partial charge < -0.3 is 4.74 Å². The normalized spacial score (nSPS) is 27.7. The summed E-state index contributed by atoms with van der Waals surface area (Å²) in [7, 11) is 2.50. The maximum Gasteiger partial charge on any atom is 0.141 e. The minimum atomic E-state index is -0.137. The summed E-state index contributed by atoms with van der Waals surface area (Å²) in [4.78, 5) is 0. The summed E-state index contributed by atoms with van der Waals surface area (Å²) in [5.41, 5.74) is 1.94. The first kappa shape index (κ1) is 17.9. The molecule has 1 fully saturated rings. The first-order valence-electron chi connectivity index (χ1n) is 9.50. The van der Waals surface area contributed by atoms with Gasteiger partial charge in [-0.25, -0.2) is 4.39 Å². The van der Waals surface area contributed by atoms with Crippen LogP contribution in [0.2, 0.25) is 0 Å². The molecule has 3 heteroatoms. The van der Waals surface area contributed by atoms with Crippen LogP contribution in [0.5, 0.6) is 5.75 Å². The van der Waals surface area contributed by atoms with E-state index in [1.165, 1.54) is 37.7 Å². The Bertz CT molecular complexity index is 602. The molecular formula is C21H30FOP. The third-order valence-electron chi connectivity index (χ3n) is 5.96. The Morgan fingerprint density at radius 1 is 1.12 bits per heavy atom. The number of halogens is 1. The van der Waals surface area contributed by atoms with Crippen LogP contribution in [0.3, 0.4) is 0 Å². The third-order valence-corrected chi connectivity index (χ3v) is 6.50. The van der Waals surface area contributed by atoms with E-state index in [2.05, 4.69) is 22.2 Å². The van der Waals surface area contributed by atoms with Gasteiger partial charge in [0.2, 0.25) is 0 Å². The van der Waals surface area contributed by atoms with Crippen molar-refractivity contribution in [2.24, 2.45) is 17.8 Å². The summed E-state index contributed by atoms with van der Waals surface area (Å²) in [6, 6.07) is 3.79. The monoisotopic (exact) mass is 348 g/mol. The van der Waals surface area contributed by atoms with Crippen molar-refractivity contribution in [3.63, 3.8) is 0 Å². The largest absolute Gasteiger partial charge is 0.493 e. The second-order valence-electron chi connectivity index (χ2n) is 7.56. The fourth-order valence-electron chi connectivity index (χ4n) is 4.39. The molecule has 0 spiro atoms. The summed E-state index contributed by atoms with van der Waals surface area (Å²) in [6.07, 6.45) is 11.2. The Morgan fingerprint density at radius 3 is 2.50 bits per heavy atom. The predicted octanol–water partition coefficient (Wildman–Crippen LogP) is 5.73. The van der Waals surface area contributed by atoms with Crippen molar-refractivity contribution in [3.8, 4) is 5.75 Å². The van der Waals surface area contributed by atoms with Crippen molar-refractivity contribution in [1.82, 2.24) is 0 Å². The SMILES string of the molecule is CCOc1ccc(C2=CCC(C3CCC(C)CC3)CC2)c(F)c1P. The fraction of sp³-hybridized carbons (Fsp3) is 0.619. The molecule has 0 aliphatic heterocycles. The maximum atomic E-state index is 14.7. The van der Waals surface area contributed by atoms with E-state index in [1.54, 1.807) is 0 Å². The van der Waals surface area contributed by atoms with E-state index in [0.717, 1.165) is 36.2 Å². The molecule has 132 valence electrons. The Kier molecular flexibility index (Phi) is 5.98. The summed E-state index contributed by atoms with van der Waals surface area (Å²) in [5, 5.41) is 0.554. The molecule has 0 heterocycles. The lowest BCUT2D eigenvalue weighted by molar-refractivity contribution is 0.202. The highest BCUT2D eigenvalue weighted by atomic mass is 31.0. The Morgan fingerprint density at radius 2 is 1.88 bits per heavy atom. The van der Waals surface area contributed by atoms with Crippen molar-refractivity contribution in [2.45, 2.75) is 58.8 Å². The molecule has 3 rings (SSSR count). The molecule has 0 amide bonds. The first-order valence-corrected chi connectivity index (χ1v) is 10.1. The summed E-state index contributed by atoms with van der Waals surface area (Å²) < 4.78 is 20.2. The Labute approximate surface area is 148 Å². The van der Waals surface area contributed by atoms with E-state index in [4.69, 9.17) is 4.74 Å².